The molecule has 0 bridgehead atoms. The van der Waals surface area contributed by atoms with Crippen LogP contribution >= 0.6 is 0 Å². The molecular weight excluding hydrogens is 364 g/mol. The first-order valence-electron chi connectivity index (χ1n) is 12.4. The average molecular weight is 411 g/mol. The van der Waals surface area contributed by atoms with Gasteiger partial charge in [-0.2, -0.15) is 0 Å². The summed E-state index contributed by atoms with van der Waals surface area (Å²) in [5, 5.41) is 9.27. The highest BCUT2D eigenvalue weighted by molar-refractivity contribution is 5.75. The lowest BCUT2D eigenvalue weighted by Gasteiger charge is -2.27. The lowest BCUT2D eigenvalue weighted by Crippen LogP contribution is -2.31. The highest BCUT2D eigenvalue weighted by Gasteiger charge is 2.32. The third-order valence-corrected chi connectivity index (χ3v) is 6.33. The Morgan fingerprint density at radius 3 is 2.00 bits per heavy atom. The summed E-state index contributed by atoms with van der Waals surface area (Å²) in [5.41, 5.74) is 0. The highest BCUT2D eigenvalue weighted by Crippen LogP contribution is 2.31. The monoisotopic (exact) mass is 410 g/mol. The van der Waals surface area contributed by atoms with E-state index in [-0.39, 0.29) is 23.9 Å². The number of carbonyl (C=O) groups is 2. The van der Waals surface area contributed by atoms with Crippen LogP contribution in [0.1, 0.15) is 124 Å². The molecule has 0 radical (unpaired) electrons. The summed E-state index contributed by atoms with van der Waals surface area (Å²) in [4.78, 5) is 24.0. The van der Waals surface area contributed by atoms with E-state index in [9.17, 15) is 14.7 Å². The van der Waals surface area contributed by atoms with Gasteiger partial charge in [0.1, 0.15) is 6.10 Å². The molecule has 1 aliphatic carbocycles. The Kier molecular flexibility index (Phi) is 14.1. The Hall–Kier alpha value is -1.06. The maximum absolute atomic E-state index is 12.7. The number of unbranched alkanes of at least 4 members (excludes halogenated alkanes) is 7. The lowest BCUT2D eigenvalue weighted by molar-refractivity contribution is -0.158. The van der Waals surface area contributed by atoms with Crippen LogP contribution in [0.15, 0.2) is 0 Å². The molecule has 29 heavy (non-hydrogen) atoms. The van der Waals surface area contributed by atoms with Gasteiger partial charge in [-0.15, -0.1) is 0 Å². The van der Waals surface area contributed by atoms with Crippen LogP contribution in [0, 0.1) is 17.8 Å². The molecule has 0 heterocycles. The fourth-order valence-electron chi connectivity index (χ4n) is 4.40. The van der Waals surface area contributed by atoms with Crippen LogP contribution in [0.3, 0.4) is 0 Å². The minimum atomic E-state index is -0.768. The van der Waals surface area contributed by atoms with E-state index in [0.29, 0.717) is 12.8 Å². The van der Waals surface area contributed by atoms with Gasteiger partial charge in [0.25, 0.3) is 0 Å². The maximum atomic E-state index is 12.7. The number of carboxylic acid groups (broad SMARTS) is 1. The van der Waals surface area contributed by atoms with Gasteiger partial charge in [-0.3, -0.25) is 9.59 Å². The molecule has 1 rings (SSSR count). The maximum Gasteiger partial charge on any atom is 0.309 e. The van der Waals surface area contributed by atoms with Crippen molar-refractivity contribution in [1.29, 1.82) is 0 Å². The number of hydrogen-bond acceptors (Lipinski definition) is 3. The zero-order valence-corrected chi connectivity index (χ0v) is 19.3. The van der Waals surface area contributed by atoms with Crippen LogP contribution in [0.5, 0.6) is 0 Å². The van der Waals surface area contributed by atoms with Crippen molar-refractivity contribution in [1.82, 2.24) is 0 Å². The number of esters is 1. The van der Waals surface area contributed by atoms with Crippen LogP contribution in [0.2, 0.25) is 0 Å². The van der Waals surface area contributed by atoms with Gasteiger partial charge in [0.05, 0.1) is 11.8 Å². The predicted molar refractivity (Wildman–Crippen MR) is 119 cm³/mol. The Balaban J connectivity index is 2.38. The van der Waals surface area contributed by atoms with Crippen LogP contribution in [0.4, 0.5) is 0 Å². The molecule has 0 aromatic rings. The highest BCUT2D eigenvalue weighted by atomic mass is 16.5. The van der Waals surface area contributed by atoms with Gasteiger partial charge in [0.2, 0.25) is 0 Å². The van der Waals surface area contributed by atoms with Crippen LogP contribution in [-0.2, 0) is 14.3 Å². The molecule has 4 heteroatoms. The topological polar surface area (TPSA) is 63.6 Å². The first kappa shape index (κ1) is 26.0. The summed E-state index contributed by atoms with van der Waals surface area (Å²) < 4.78 is 5.93. The van der Waals surface area contributed by atoms with E-state index in [1.165, 1.54) is 51.4 Å². The normalized spacial score (nSPS) is 20.6. The fourth-order valence-corrected chi connectivity index (χ4v) is 4.40. The molecule has 1 fully saturated rings. The number of carboxylic acids is 1. The van der Waals surface area contributed by atoms with Crippen LogP contribution < -0.4 is 0 Å². The molecule has 0 aromatic carbocycles. The van der Waals surface area contributed by atoms with Gasteiger partial charge < -0.3 is 9.84 Å². The Labute approximate surface area is 179 Å². The van der Waals surface area contributed by atoms with Crippen molar-refractivity contribution in [2.45, 2.75) is 130 Å². The number of hydrogen-bond donors (Lipinski definition) is 1. The molecule has 0 amide bonds. The zero-order chi connectivity index (χ0) is 21.5. The molecule has 3 unspecified atom stereocenters. The van der Waals surface area contributed by atoms with Crippen molar-refractivity contribution in [3.8, 4) is 0 Å². The quantitative estimate of drug-likeness (QED) is 0.217. The van der Waals surface area contributed by atoms with Crippen molar-refractivity contribution in [2.24, 2.45) is 17.8 Å². The predicted octanol–water partition coefficient (Wildman–Crippen LogP) is 7.15. The van der Waals surface area contributed by atoms with Gasteiger partial charge in [0.15, 0.2) is 0 Å². The van der Waals surface area contributed by atoms with Crippen molar-refractivity contribution in [3.63, 3.8) is 0 Å². The molecule has 4 nitrogen and oxygen atoms in total. The van der Waals surface area contributed by atoms with E-state index >= 15 is 0 Å². The number of rotatable bonds is 16. The molecule has 170 valence electrons. The van der Waals surface area contributed by atoms with Gasteiger partial charge in [0, 0.05) is 0 Å². The van der Waals surface area contributed by atoms with E-state index in [1.807, 2.05) is 0 Å². The van der Waals surface area contributed by atoms with Gasteiger partial charge >= 0.3 is 11.9 Å². The van der Waals surface area contributed by atoms with E-state index in [0.717, 1.165) is 44.4 Å². The number of ether oxygens (including phenoxy) is 1. The molecular formula is C25H46O4. The van der Waals surface area contributed by atoms with Crippen molar-refractivity contribution in [2.75, 3.05) is 0 Å². The van der Waals surface area contributed by atoms with Crippen molar-refractivity contribution >= 4 is 11.9 Å². The van der Waals surface area contributed by atoms with Crippen molar-refractivity contribution in [3.05, 3.63) is 0 Å². The molecule has 1 saturated carbocycles. The van der Waals surface area contributed by atoms with Crippen LogP contribution in [0.25, 0.3) is 0 Å². The molecule has 0 spiro atoms. The largest absolute Gasteiger partial charge is 0.481 e. The Morgan fingerprint density at radius 2 is 1.41 bits per heavy atom. The van der Waals surface area contributed by atoms with Gasteiger partial charge in [-0.1, -0.05) is 78.6 Å². The first-order chi connectivity index (χ1) is 13.9. The van der Waals surface area contributed by atoms with Crippen LogP contribution in [-0.4, -0.2) is 23.1 Å². The fraction of sp³-hybridized carbons (Fsp3) is 0.920. The third kappa shape index (κ3) is 12.3. The van der Waals surface area contributed by atoms with E-state index in [4.69, 9.17) is 4.74 Å². The zero-order valence-electron chi connectivity index (χ0n) is 19.3. The van der Waals surface area contributed by atoms with Gasteiger partial charge in [-0.05, 0) is 50.9 Å². The minimum absolute atomic E-state index is 0.0141. The summed E-state index contributed by atoms with van der Waals surface area (Å²) >= 11 is 0. The lowest BCUT2D eigenvalue weighted by atomic mass is 9.81. The summed E-state index contributed by atoms with van der Waals surface area (Å²) in [5.74, 6) is -0.721. The Bertz CT molecular complexity index is 446. The summed E-state index contributed by atoms with van der Waals surface area (Å²) in [7, 11) is 0. The number of aliphatic carboxylic acids is 1. The molecule has 1 aliphatic rings. The first-order valence-corrected chi connectivity index (χ1v) is 12.4. The average Bonchev–Trinajstić information content (AvgIpc) is 2.69. The van der Waals surface area contributed by atoms with E-state index < -0.39 is 5.97 Å². The Morgan fingerprint density at radius 1 is 0.862 bits per heavy atom. The SMILES string of the molecule is CCCCCCC(CCCCCCCC(C)C)OC(=O)C1CCCC(C(=O)O)C1. The minimum Gasteiger partial charge on any atom is -0.481 e. The van der Waals surface area contributed by atoms with E-state index in [1.54, 1.807) is 0 Å². The smallest absolute Gasteiger partial charge is 0.309 e. The second-order valence-electron chi connectivity index (χ2n) is 9.55. The van der Waals surface area contributed by atoms with E-state index in [2.05, 4.69) is 20.8 Å². The molecule has 3 atom stereocenters. The standard InChI is InChI=1S/C25H46O4/c1-4-5-6-11-17-23(18-12-9-7-8-10-14-20(2)3)29-25(28)22-16-13-15-21(19-22)24(26)27/h20-23H,4-19H2,1-3H3,(H,26,27). The summed E-state index contributed by atoms with van der Waals surface area (Å²) in [6.45, 7) is 6.77. The van der Waals surface area contributed by atoms with Gasteiger partial charge in [-0.25, -0.2) is 0 Å². The van der Waals surface area contributed by atoms with Crippen molar-refractivity contribution < 1.29 is 19.4 Å². The summed E-state index contributed by atoms with van der Waals surface area (Å²) in [6.07, 6.45) is 17.0. The molecule has 1 N–H and O–H groups in total. The molecule has 0 aromatic heterocycles. The molecule has 0 saturated heterocycles. The second kappa shape index (κ2) is 15.7. The third-order valence-electron chi connectivity index (χ3n) is 6.33. The molecule has 0 aliphatic heterocycles. The number of carbonyl (C=O) groups excluding carboxylic acids is 1. The summed E-state index contributed by atoms with van der Waals surface area (Å²) in [6, 6.07) is 0. The second-order valence-corrected chi connectivity index (χ2v) is 9.55.